The molecule has 2 heteroatoms. The molecule has 0 saturated heterocycles. The van der Waals surface area contributed by atoms with Crippen molar-refractivity contribution in [3.05, 3.63) is 12.7 Å². The van der Waals surface area contributed by atoms with E-state index >= 15 is 0 Å². The van der Waals surface area contributed by atoms with E-state index in [0.717, 1.165) is 18.9 Å². The highest BCUT2D eigenvalue weighted by Crippen LogP contribution is 2.18. The van der Waals surface area contributed by atoms with E-state index in [-0.39, 0.29) is 6.10 Å². The van der Waals surface area contributed by atoms with Gasteiger partial charge in [0.25, 0.3) is 0 Å². The molecule has 0 spiro atoms. The van der Waals surface area contributed by atoms with Crippen molar-refractivity contribution < 1.29 is 4.43 Å². The first-order valence-corrected chi connectivity index (χ1v) is 9.30. The molecule has 1 unspecified atom stereocenters. The summed E-state index contributed by atoms with van der Waals surface area (Å²) in [5.41, 5.74) is 0. The highest BCUT2D eigenvalue weighted by molar-refractivity contribution is 6.71. The summed E-state index contributed by atoms with van der Waals surface area (Å²) in [5, 5.41) is 0. The van der Waals surface area contributed by atoms with Crippen LogP contribution in [0.1, 0.15) is 33.6 Å². The van der Waals surface area contributed by atoms with E-state index in [1.54, 1.807) is 0 Å². The van der Waals surface area contributed by atoms with Crippen LogP contribution in [0, 0.1) is 17.8 Å². The Morgan fingerprint density at radius 3 is 2.44 bits per heavy atom. The summed E-state index contributed by atoms with van der Waals surface area (Å²) in [6, 6.07) is 0.995. The summed E-state index contributed by atoms with van der Waals surface area (Å²) in [4.78, 5) is 0. The molecular weight excluding hydrogens is 212 g/mol. The van der Waals surface area contributed by atoms with Crippen molar-refractivity contribution >= 4 is 8.32 Å². The van der Waals surface area contributed by atoms with Gasteiger partial charge >= 0.3 is 0 Å². The molecule has 0 aliphatic heterocycles. The molecule has 0 bridgehead atoms. The lowest BCUT2D eigenvalue weighted by atomic mass is 10.1. The molecule has 0 aliphatic rings. The fraction of sp³-hybridized carbons (Fsp3) is 0.714. The van der Waals surface area contributed by atoms with Crippen LogP contribution in [-0.4, -0.2) is 14.4 Å². The zero-order valence-electron chi connectivity index (χ0n) is 11.5. The molecule has 0 heterocycles. The van der Waals surface area contributed by atoms with E-state index in [2.05, 4.69) is 52.3 Å². The van der Waals surface area contributed by atoms with Crippen molar-refractivity contribution in [3.8, 4) is 11.8 Å². The molecule has 0 aromatic heterocycles. The van der Waals surface area contributed by atoms with Gasteiger partial charge in [-0.2, -0.15) is 0 Å². The van der Waals surface area contributed by atoms with E-state index in [9.17, 15) is 0 Å². The fourth-order valence-electron chi connectivity index (χ4n) is 1.56. The van der Waals surface area contributed by atoms with Crippen LogP contribution in [0.5, 0.6) is 0 Å². The minimum atomic E-state index is -1.60. The van der Waals surface area contributed by atoms with Crippen LogP contribution in [0.3, 0.4) is 0 Å². The van der Waals surface area contributed by atoms with E-state index in [0.29, 0.717) is 5.92 Å². The van der Waals surface area contributed by atoms with Crippen LogP contribution in [0.2, 0.25) is 19.1 Å². The molecule has 16 heavy (non-hydrogen) atoms. The second-order valence-corrected chi connectivity index (χ2v) is 9.33. The normalized spacial score (nSPS) is 13.1. The quantitative estimate of drug-likeness (QED) is 0.382. The Morgan fingerprint density at radius 2 is 2.00 bits per heavy atom. The average Bonchev–Trinajstić information content (AvgIpc) is 2.12. The van der Waals surface area contributed by atoms with Gasteiger partial charge < -0.3 is 4.43 Å². The Bertz CT molecular complexity index is 258. The van der Waals surface area contributed by atoms with Gasteiger partial charge in [-0.25, -0.2) is 0 Å². The fourth-order valence-corrected chi connectivity index (χ4v) is 3.28. The lowest BCUT2D eigenvalue weighted by molar-refractivity contribution is 0.219. The monoisotopic (exact) mass is 238 g/mol. The molecule has 0 radical (unpaired) electrons. The molecule has 0 rings (SSSR count). The minimum absolute atomic E-state index is 0.113. The van der Waals surface area contributed by atoms with Gasteiger partial charge in [0.2, 0.25) is 0 Å². The summed E-state index contributed by atoms with van der Waals surface area (Å²) in [5.74, 6) is 7.01. The van der Waals surface area contributed by atoms with Gasteiger partial charge in [0, 0.05) is 6.42 Å². The number of rotatable bonds is 6. The third-order valence-corrected chi connectivity index (χ3v) is 4.42. The van der Waals surface area contributed by atoms with Crippen molar-refractivity contribution in [2.45, 2.75) is 58.9 Å². The summed E-state index contributed by atoms with van der Waals surface area (Å²) in [6.45, 7) is 14.8. The summed E-state index contributed by atoms with van der Waals surface area (Å²) in [7, 11) is -1.60. The smallest absolute Gasteiger partial charge is 0.192 e. The molecule has 0 aliphatic carbocycles. The predicted octanol–water partition coefficient (Wildman–Crippen LogP) is 4.22. The first kappa shape index (κ1) is 15.5. The lowest BCUT2D eigenvalue weighted by Gasteiger charge is -2.26. The minimum Gasteiger partial charge on any atom is -0.403 e. The maximum Gasteiger partial charge on any atom is 0.192 e. The van der Waals surface area contributed by atoms with E-state index in [1.807, 2.05) is 6.08 Å². The van der Waals surface area contributed by atoms with Crippen molar-refractivity contribution in [3.63, 3.8) is 0 Å². The summed E-state index contributed by atoms with van der Waals surface area (Å²) in [6.07, 6.45) is 4.01. The van der Waals surface area contributed by atoms with E-state index in [4.69, 9.17) is 4.43 Å². The maximum absolute atomic E-state index is 6.19. The first-order valence-electron chi connectivity index (χ1n) is 6.18. The zero-order valence-corrected chi connectivity index (χ0v) is 12.5. The number of hydrogen-bond donors (Lipinski definition) is 0. The molecule has 0 saturated carbocycles. The largest absolute Gasteiger partial charge is 0.403 e. The Labute approximate surface area is 102 Å². The van der Waals surface area contributed by atoms with Crippen LogP contribution in [0.15, 0.2) is 12.7 Å². The SMILES string of the molecule is C=CC[Si](C)(C)OC(C#CCC)CC(C)C. The van der Waals surface area contributed by atoms with Crippen molar-refractivity contribution in [2.24, 2.45) is 5.92 Å². The maximum atomic E-state index is 6.19. The molecule has 1 nitrogen and oxygen atoms in total. The van der Waals surface area contributed by atoms with Crippen LogP contribution < -0.4 is 0 Å². The summed E-state index contributed by atoms with van der Waals surface area (Å²) >= 11 is 0. The van der Waals surface area contributed by atoms with Gasteiger partial charge in [-0.1, -0.05) is 32.8 Å². The number of hydrogen-bond acceptors (Lipinski definition) is 1. The third-order valence-electron chi connectivity index (χ3n) is 2.22. The standard InChI is InChI=1S/C14H26OSi/c1-7-9-10-14(12-13(3)4)15-16(5,6)11-8-2/h8,13-14H,2,7,11-12H2,1,3-6H3. The molecule has 0 N–H and O–H groups in total. The van der Waals surface area contributed by atoms with Gasteiger partial charge in [-0.15, -0.1) is 12.5 Å². The van der Waals surface area contributed by atoms with Gasteiger partial charge in [-0.3, -0.25) is 0 Å². The van der Waals surface area contributed by atoms with Crippen LogP contribution in [-0.2, 0) is 4.43 Å². The molecule has 0 aromatic carbocycles. The van der Waals surface area contributed by atoms with Crippen molar-refractivity contribution in [1.29, 1.82) is 0 Å². The first-order chi connectivity index (χ1) is 7.41. The third kappa shape index (κ3) is 7.73. The lowest BCUT2D eigenvalue weighted by Crippen LogP contribution is -2.35. The van der Waals surface area contributed by atoms with Crippen LogP contribution in [0.25, 0.3) is 0 Å². The molecule has 0 fully saturated rings. The predicted molar refractivity (Wildman–Crippen MR) is 74.9 cm³/mol. The second kappa shape index (κ2) is 7.70. The van der Waals surface area contributed by atoms with Crippen LogP contribution >= 0.6 is 0 Å². The Morgan fingerprint density at radius 1 is 1.38 bits per heavy atom. The van der Waals surface area contributed by atoms with Crippen LogP contribution in [0.4, 0.5) is 0 Å². The number of allylic oxidation sites excluding steroid dienone is 1. The zero-order chi connectivity index (χ0) is 12.6. The Balaban J connectivity index is 4.46. The highest BCUT2D eigenvalue weighted by atomic mass is 28.4. The average molecular weight is 238 g/mol. The van der Waals surface area contributed by atoms with Crippen molar-refractivity contribution in [2.75, 3.05) is 0 Å². The van der Waals surface area contributed by atoms with E-state index in [1.165, 1.54) is 0 Å². The molecular formula is C14H26OSi. The summed E-state index contributed by atoms with van der Waals surface area (Å²) < 4.78 is 6.19. The van der Waals surface area contributed by atoms with Crippen molar-refractivity contribution in [1.82, 2.24) is 0 Å². The van der Waals surface area contributed by atoms with Gasteiger partial charge in [0.1, 0.15) is 6.10 Å². The van der Waals surface area contributed by atoms with Gasteiger partial charge in [-0.05, 0) is 31.5 Å². The molecule has 0 amide bonds. The second-order valence-electron chi connectivity index (χ2n) is 5.16. The molecule has 92 valence electrons. The topological polar surface area (TPSA) is 9.23 Å². The molecule has 0 aromatic rings. The Hall–Kier alpha value is -0.523. The Kier molecular flexibility index (Phi) is 7.45. The molecule has 1 atom stereocenters. The van der Waals surface area contributed by atoms with E-state index < -0.39 is 8.32 Å². The van der Waals surface area contributed by atoms with Gasteiger partial charge in [0.15, 0.2) is 8.32 Å². The van der Waals surface area contributed by atoms with Gasteiger partial charge in [0.05, 0.1) is 0 Å². The highest BCUT2D eigenvalue weighted by Gasteiger charge is 2.24.